The average Bonchev–Trinajstić information content (AvgIpc) is 2.34. The molecular weight excluding hydrogens is 262 g/mol. The zero-order valence-corrected chi connectivity index (χ0v) is 12.3. The molecule has 106 valence electrons. The van der Waals surface area contributed by atoms with Crippen LogP contribution in [0.1, 0.15) is 25.7 Å². The molecule has 0 heterocycles. The van der Waals surface area contributed by atoms with Crippen LogP contribution < -0.4 is 16.0 Å². The third-order valence-corrected chi connectivity index (χ3v) is 3.12. The summed E-state index contributed by atoms with van der Waals surface area (Å²) in [6.45, 7) is 0.681. The number of carbonyl (C=O) groups excluding carboxylic acids is 1. The number of hydrogen-bond donors (Lipinski definition) is 2. The van der Waals surface area contributed by atoms with Gasteiger partial charge in [-0.15, -0.1) is 0 Å². The van der Waals surface area contributed by atoms with Gasteiger partial charge in [-0.05, 0) is 31.5 Å². The molecule has 1 amide bonds. The van der Waals surface area contributed by atoms with Crippen molar-refractivity contribution in [2.45, 2.75) is 25.7 Å². The summed E-state index contributed by atoms with van der Waals surface area (Å²) < 4.78 is 0. The number of benzene rings is 1. The monoisotopic (exact) mass is 283 g/mol. The standard InChI is InChI=1S/C14H22ClN3O/c1-18(2)14-11(15)7-6-8-12(14)17-13(19)9-4-3-5-10-16/h6-8H,3-5,9-10,16H2,1-2H3,(H,17,19). The van der Waals surface area contributed by atoms with Crippen molar-refractivity contribution in [3.05, 3.63) is 23.2 Å². The zero-order chi connectivity index (χ0) is 14.3. The number of halogens is 1. The Morgan fingerprint density at radius 3 is 2.68 bits per heavy atom. The van der Waals surface area contributed by atoms with Crippen molar-refractivity contribution in [3.63, 3.8) is 0 Å². The van der Waals surface area contributed by atoms with Crippen molar-refractivity contribution in [2.75, 3.05) is 30.9 Å². The molecule has 0 atom stereocenters. The lowest BCUT2D eigenvalue weighted by Crippen LogP contribution is -2.16. The van der Waals surface area contributed by atoms with Gasteiger partial charge in [0.05, 0.1) is 16.4 Å². The van der Waals surface area contributed by atoms with Crippen LogP contribution in [0.4, 0.5) is 11.4 Å². The molecule has 1 rings (SSSR count). The van der Waals surface area contributed by atoms with Crippen LogP contribution in [0.25, 0.3) is 0 Å². The Balaban J connectivity index is 2.61. The van der Waals surface area contributed by atoms with Crippen LogP contribution in [0.2, 0.25) is 5.02 Å². The quantitative estimate of drug-likeness (QED) is 0.757. The van der Waals surface area contributed by atoms with E-state index in [1.165, 1.54) is 0 Å². The van der Waals surface area contributed by atoms with Gasteiger partial charge in [0.25, 0.3) is 0 Å². The first-order valence-electron chi connectivity index (χ1n) is 6.52. The summed E-state index contributed by atoms with van der Waals surface area (Å²) in [4.78, 5) is 13.8. The first kappa shape index (κ1) is 15.8. The van der Waals surface area contributed by atoms with Crippen LogP contribution in [0.3, 0.4) is 0 Å². The maximum Gasteiger partial charge on any atom is 0.224 e. The number of nitrogens with two attached hydrogens (primary N) is 1. The predicted octanol–water partition coefficient (Wildman–Crippen LogP) is 2.86. The molecule has 0 aliphatic carbocycles. The fraction of sp³-hybridized carbons (Fsp3) is 0.500. The summed E-state index contributed by atoms with van der Waals surface area (Å²) in [5.74, 6) is 0.0161. The molecule has 0 aliphatic heterocycles. The van der Waals surface area contributed by atoms with Crippen molar-refractivity contribution in [2.24, 2.45) is 5.73 Å². The molecule has 0 saturated carbocycles. The minimum absolute atomic E-state index is 0.0161. The van der Waals surface area contributed by atoms with E-state index in [0.717, 1.165) is 30.6 Å². The molecule has 0 unspecified atom stereocenters. The Morgan fingerprint density at radius 2 is 2.05 bits per heavy atom. The Bertz CT molecular complexity index is 421. The first-order chi connectivity index (χ1) is 9.06. The molecule has 5 heteroatoms. The second kappa shape index (κ2) is 8.02. The fourth-order valence-corrected chi connectivity index (χ4v) is 2.23. The molecule has 0 fully saturated rings. The van der Waals surface area contributed by atoms with Gasteiger partial charge in [0.15, 0.2) is 0 Å². The molecular formula is C14H22ClN3O. The molecule has 0 saturated heterocycles. The number of amides is 1. The van der Waals surface area contributed by atoms with Crippen LogP contribution in [-0.4, -0.2) is 26.5 Å². The molecule has 19 heavy (non-hydrogen) atoms. The van der Waals surface area contributed by atoms with E-state index in [1.54, 1.807) is 0 Å². The maximum atomic E-state index is 11.9. The summed E-state index contributed by atoms with van der Waals surface area (Å²) in [5, 5.41) is 3.54. The van der Waals surface area contributed by atoms with E-state index in [1.807, 2.05) is 37.2 Å². The molecule has 0 spiro atoms. The summed E-state index contributed by atoms with van der Waals surface area (Å²) in [7, 11) is 3.80. The van der Waals surface area contributed by atoms with Crippen molar-refractivity contribution in [3.8, 4) is 0 Å². The van der Waals surface area contributed by atoms with Gasteiger partial charge in [-0.3, -0.25) is 4.79 Å². The topological polar surface area (TPSA) is 58.4 Å². The number of hydrogen-bond acceptors (Lipinski definition) is 3. The summed E-state index contributed by atoms with van der Waals surface area (Å²) in [6, 6.07) is 5.51. The van der Waals surface area contributed by atoms with Gasteiger partial charge < -0.3 is 16.0 Å². The molecule has 1 aromatic carbocycles. The van der Waals surface area contributed by atoms with Crippen LogP contribution >= 0.6 is 11.6 Å². The van der Waals surface area contributed by atoms with Gasteiger partial charge in [-0.25, -0.2) is 0 Å². The molecule has 0 aliphatic rings. The fourth-order valence-electron chi connectivity index (χ4n) is 1.89. The number of rotatable bonds is 7. The second-order valence-electron chi connectivity index (χ2n) is 4.68. The normalized spacial score (nSPS) is 10.3. The number of unbranched alkanes of at least 4 members (excludes halogenated alkanes) is 2. The average molecular weight is 284 g/mol. The van der Waals surface area contributed by atoms with Gasteiger partial charge in [0.2, 0.25) is 5.91 Å². The predicted molar refractivity (Wildman–Crippen MR) is 81.9 cm³/mol. The zero-order valence-electron chi connectivity index (χ0n) is 11.6. The highest BCUT2D eigenvalue weighted by Gasteiger charge is 2.11. The Hall–Kier alpha value is -1.26. The van der Waals surface area contributed by atoms with E-state index >= 15 is 0 Å². The summed E-state index contributed by atoms with van der Waals surface area (Å²) in [5.41, 5.74) is 7.00. The van der Waals surface area contributed by atoms with Gasteiger partial charge in [-0.2, -0.15) is 0 Å². The van der Waals surface area contributed by atoms with Crippen molar-refractivity contribution >= 4 is 28.9 Å². The van der Waals surface area contributed by atoms with Crippen LogP contribution in [0.15, 0.2) is 18.2 Å². The highest BCUT2D eigenvalue weighted by Crippen LogP contribution is 2.32. The molecule has 0 radical (unpaired) electrons. The lowest BCUT2D eigenvalue weighted by molar-refractivity contribution is -0.116. The summed E-state index contributed by atoms with van der Waals surface area (Å²) in [6.07, 6.45) is 3.33. The Labute approximate surface area is 119 Å². The van der Waals surface area contributed by atoms with E-state index < -0.39 is 0 Å². The third kappa shape index (κ3) is 5.09. The van der Waals surface area contributed by atoms with Gasteiger partial charge >= 0.3 is 0 Å². The lowest BCUT2D eigenvalue weighted by Gasteiger charge is -2.19. The molecule has 4 nitrogen and oxygen atoms in total. The van der Waals surface area contributed by atoms with Crippen molar-refractivity contribution in [1.82, 2.24) is 0 Å². The van der Waals surface area contributed by atoms with Crippen LogP contribution in [0.5, 0.6) is 0 Å². The van der Waals surface area contributed by atoms with E-state index in [0.29, 0.717) is 18.0 Å². The van der Waals surface area contributed by atoms with E-state index in [-0.39, 0.29) is 5.91 Å². The largest absolute Gasteiger partial charge is 0.375 e. The lowest BCUT2D eigenvalue weighted by atomic mass is 10.2. The van der Waals surface area contributed by atoms with Crippen molar-refractivity contribution < 1.29 is 4.79 Å². The van der Waals surface area contributed by atoms with Gasteiger partial charge in [0, 0.05) is 20.5 Å². The SMILES string of the molecule is CN(C)c1c(Cl)cccc1NC(=O)CCCCCN. The molecule has 1 aromatic rings. The number of nitrogens with one attached hydrogen (secondary N) is 1. The van der Waals surface area contributed by atoms with E-state index in [9.17, 15) is 4.79 Å². The number of anilines is 2. The van der Waals surface area contributed by atoms with Gasteiger partial charge in [0.1, 0.15) is 0 Å². The minimum Gasteiger partial charge on any atom is -0.375 e. The number of para-hydroxylation sites is 1. The number of carbonyl (C=O) groups is 1. The minimum atomic E-state index is 0.0161. The highest BCUT2D eigenvalue weighted by atomic mass is 35.5. The van der Waals surface area contributed by atoms with Crippen molar-refractivity contribution in [1.29, 1.82) is 0 Å². The highest BCUT2D eigenvalue weighted by molar-refractivity contribution is 6.34. The Morgan fingerprint density at radius 1 is 1.32 bits per heavy atom. The molecule has 0 bridgehead atoms. The maximum absolute atomic E-state index is 11.9. The van der Waals surface area contributed by atoms with E-state index in [2.05, 4.69) is 5.32 Å². The molecule has 3 N–H and O–H groups in total. The first-order valence-corrected chi connectivity index (χ1v) is 6.89. The van der Waals surface area contributed by atoms with Crippen LogP contribution in [0, 0.1) is 0 Å². The summed E-state index contributed by atoms with van der Waals surface area (Å²) >= 11 is 6.15. The van der Waals surface area contributed by atoms with Crippen LogP contribution in [-0.2, 0) is 4.79 Å². The Kier molecular flexibility index (Phi) is 6.67. The van der Waals surface area contributed by atoms with E-state index in [4.69, 9.17) is 17.3 Å². The molecule has 0 aromatic heterocycles. The smallest absolute Gasteiger partial charge is 0.224 e. The number of nitrogens with zero attached hydrogens (tertiary/aromatic N) is 1. The van der Waals surface area contributed by atoms with Gasteiger partial charge in [-0.1, -0.05) is 24.1 Å². The third-order valence-electron chi connectivity index (χ3n) is 2.82. The second-order valence-corrected chi connectivity index (χ2v) is 5.09.